The quantitative estimate of drug-likeness (QED) is 0.642. The van der Waals surface area contributed by atoms with Crippen LogP contribution in [0.15, 0.2) is 10.2 Å². The molecule has 0 aliphatic rings. The van der Waals surface area contributed by atoms with E-state index in [1.54, 1.807) is 13.8 Å². The molecule has 0 heterocycles. The van der Waals surface area contributed by atoms with E-state index in [1.165, 1.54) is 0 Å². The van der Waals surface area contributed by atoms with Gasteiger partial charge in [0.15, 0.2) is 5.54 Å². The first-order valence-electron chi connectivity index (χ1n) is 4.72. The number of hydrogen-bond acceptors (Lipinski definition) is 4. The number of nitrogens with zero attached hydrogens (tertiary/aromatic N) is 4. The van der Waals surface area contributed by atoms with Crippen LogP contribution >= 0.6 is 0 Å². The van der Waals surface area contributed by atoms with Gasteiger partial charge < -0.3 is 0 Å². The van der Waals surface area contributed by atoms with E-state index in [9.17, 15) is 0 Å². The molecule has 0 radical (unpaired) electrons. The third-order valence-electron chi connectivity index (χ3n) is 2.32. The van der Waals surface area contributed by atoms with E-state index in [1.807, 2.05) is 13.8 Å². The Morgan fingerprint density at radius 1 is 1.36 bits per heavy atom. The zero-order valence-electron chi connectivity index (χ0n) is 9.15. The van der Waals surface area contributed by atoms with Crippen LogP contribution in [0.25, 0.3) is 0 Å². The van der Waals surface area contributed by atoms with E-state index in [0.717, 1.165) is 0 Å². The Hall–Kier alpha value is -1.42. The SMILES string of the molecule is CCC(C)(C#N)/N=N/C(C)C(C)C#N. The lowest BCUT2D eigenvalue weighted by Gasteiger charge is -2.13. The molecule has 3 atom stereocenters. The fourth-order valence-corrected chi connectivity index (χ4v) is 0.598. The summed E-state index contributed by atoms with van der Waals surface area (Å²) in [7, 11) is 0. The average molecular weight is 192 g/mol. The van der Waals surface area contributed by atoms with Crippen molar-refractivity contribution in [3.63, 3.8) is 0 Å². The van der Waals surface area contributed by atoms with E-state index >= 15 is 0 Å². The van der Waals surface area contributed by atoms with Crippen molar-refractivity contribution >= 4 is 0 Å². The Balaban J connectivity index is 4.46. The minimum Gasteiger partial charge on any atom is -0.198 e. The van der Waals surface area contributed by atoms with Gasteiger partial charge in [0.25, 0.3) is 0 Å². The first-order chi connectivity index (χ1) is 6.49. The molecule has 0 aromatic heterocycles. The van der Waals surface area contributed by atoms with Crippen molar-refractivity contribution in [1.82, 2.24) is 0 Å². The van der Waals surface area contributed by atoms with Crippen molar-refractivity contribution in [2.45, 2.75) is 45.7 Å². The lowest BCUT2D eigenvalue weighted by atomic mass is 10.0. The maximum atomic E-state index is 8.83. The second-order valence-corrected chi connectivity index (χ2v) is 3.61. The second-order valence-electron chi connectivity index (χ2n) is 3.61. The largest absolute Gasteiger partial charge is 0.198 e. The monoisotopic (exact) mass is 192 g/mol. The smallest absolute Gasteiger partial charge is 0.164 e. The van der Waals surface area contributed by atoms with Gasteiger partial charge in [-0.15, -0.1) is 0 Å². The highest BCUT2D eigenvalue weighted by atomic mass is 15.2. The minimum absolute atomic E-state index is 0.153. The lowest BCUT2D eigenvalue weighted by molar-refractivity contribution is 0.489. The summed E-state index contributed by atoms with van der Waals surface area (Å²) >= 11 is 0. The molecule has 0 aromatic carbocycles. The predicted octanol–water partition coefficient (Wildman–Crippen LogP) is 2.68. The Morgan fingerprint density at radius 2 is 1.93 bits per heavy atom. The molecule has 0 aliphatic carbocycles. The topological polar surface area (TPSA) is 72.3 Å². The molecule has 0 saturated carbocycles. The van der Waals surface area contributed by atoms with Gasteiger partial charge in [0.05, 0.1) is 24.1 Å². The standard InChI is InChI=1S/C10H16N4/c1-5-10(4,7-12)14-13-9(3)8(2)6-11/h8-9H,5H2,1-4H3/b14-13+. The number of rotatable bonds is 4. The van der Waals surface area contributed by atoms with Gasteiger partial charge in [-0.3, -0.25) is 0 Å². The van der Waals surface area contributed by atoms with Crippen molar-refractivity contribution < 1.29 is 0 Å². The highest BCUT2D eigenvalue weighted by Crippen LogP contribution is 2.16. The maximum Gasteiger partial charge on any atom is 0.164 e. The normalized spacial score (nSPS) is 19.3. The van der Waals surface area contributed by atoms with Crippen molar-refractivity contribution in [2.24, 2.45) is 16.1 Å². The molecule has 0 saturated heterocycles. The molecular weight excluding hydrogens is 176 g/mol. The summed E-state index contributed by atoms with van der Waals surface area (Å²) in [6.07, 6.45) is 0.626. The fraction of sp³-hybridized carbons (Fsp3) is 0.800. The van der Waals surface area contributed by atoms with Gasteiger partial charge in [0, 0.05) is 0 Å². The molecule has 0 bridgehead atoms. The Morgan fingerprint density at radius 3 is 2.29 bits per heavy atom. The minimum atomic E-state index is -0.747. The van der Waals surface area contributed by atoms with E-state index < -0.39 is 5.54 Å². The van der Waals surface area contributed by atoms with Gasteiger partial charge in [-0.2, -0.15) is 20.8 Å². The Bertz CT molecular complexity index is 283. The van der Waals surface area contributed by atoms with Crippen LogP contribution < -0.4 is 0 Å². The van der Waals surface area contributed by atoms with Crippen molar-refractivity contribution in [3.05, 3.63) is 0 Å². The number of azo groups is 1. The highest BCUT2D eigenvalue weighted by Gasteiger charge is 2.21. The molecule has 0 rings (SSSR count). The molecule has 4 heteroatoms. The zero-order chi connectivity index (χ0) is 11.2. The fourth-order valence-electron chi connectivity index (χ4n) is 0.598. The summed E-state index contributed by atoms with van der Waals surface area (Å²) in [5, 5.41) is 25.4. The summed E-state index contributed by atoms with van der Waals surface area (Å²) in [4.78, 5) is 0. The van der Waals surface area contributed by atoms with Crippen LogP contribution in [-0.2, 0) is 0 Å². The van der Waals surface area contributed by atoms with Crippen molar-refractivity contribution in [1.29, 1.82) is 10.5 Å². The molecule has 0 spiro atoms. The van der Waals surface area contributed by atoms with Gasteiger partial charge in [-0.05, 0) is 27.2 Å². The van der Waals surface area contributed by atoms with Crippen molar-refractivity contribution in [2.75, 3.05) is 0 Å². The molecule has 0 amide bonds. The van der Waals surface area contributed by atoms with E-state index in [0.29, 0.717) is 6.42 Å². The van der Waals surface area contributed by atoms with Gasteiger partial charge in [0.1, 0.15) is 0 Å². The van der Waals surface area contributed by atoms with Gasteiger partial charge >= 0.3 is 0 Å². The van der Waals surface area contributed by atoms with Crippen LogP contribution in [0.1, 0.15) is 34.1 Å². The molecule has 14 heavy (non-hydrogen) atoms. The van der Waals surface area contributed by atoms with E-state index in [4.69, 9.17) is 10.5 Å². The van der Waals surface area contributed by atoms with Crippen LogP contribution in [0.3, 0.4) is 0 Å². The highest BCUT2D eigenvalue weighted by molar-refractivity contribution is 5.02. The summed E-state index contributed by atoms with van der Waals surface area (Å²) in [5.74, 6) is -0.168. The first-order valence-corrected chi connectivity index (χ1v) is 4.72. The van der Waals surface area contributed by atoms with Crippen LogP contribution in [0.2, 0.25) is 0 Å². The molecule has 76 valence electrons. The zero-order valence-corrected chi connectivity index (χ0v) is 9.15. The van der Waals surface area contributed by atoms with Crippen LogP contribution in [-0.4, -0.2) is 11.6 Å². The predicted molar refractivity (Wildman–Crippen MR) is 53.4 cm³/mol. The van der Waals surface area contributed by atoms with E-state index in [-0.39, 0.29) is 12.0 Å². The Labute approximate surface area is 85.3 Å². The molecular formula is C10H16N4. The lowest BCUT2D eigenvalue weighted by Crippen LogP contribution is -2.18. The number of hydrogen-bond donors (Lipinski definition) is 0. The molecule has 0 aliphatic heterocycles. The van der Waals surface area contributed by atoms with Gasteiger partial charge in [0.2, 0.25) is 0 Å². The second kappa shape index (κ2) is 5.34. The maximum absolute atomic E-state index is 8.83. The first kappa shape index (κ1) is 12.6. The van der Waals surface area contributed by atoms with E-state index in [2.05, 4.69) is 22.4 Å². The number of nitriles is 2. The Kier molecular flexibility index (Phi) is 4.80. The van der Waals surface area contributed by atoms with Crippen LogP contribution in [0.4, 0.5) is 0 Å². The van der Waals surface area contributed by atoms with Gasteiger partial charge in [-0.25, -0.2) is 0 Å². The molecule has 0 aromatic rings. The summed E-state index contributed by atoms with van der Waals surface area (Å²) in [6.45, 7) is 7.24. The summed E-state index contributed by atoms with van der Waals surface area (Å²) < 4.78 is 0. The molecule has 4 nitrogen and oxygen atoms in total. The average Bonchev–Trinajstić information content (AvgIpc) is 2.24. The molecule has 0 fully saturated rings. The summed E-state index contributed by atoms with van der Waals surface area (Å²) in [5.41, 5.74) is -0.747. The molecule has 0 N–H and O–H groups in total. The van der Waals surface area contributed by atoms with Gasteiger partial charge in [-0.1, -0.05) is 6.92 Å². The van der Waals surface area contributed by atoms with Crippen LogP contribution in [0.5, 0.6) is 0 Å². The van der Waals surface area contributed by atoms with Crippen LogP contribution in [0, 0.1) is 28.6 Å². The summed E-state index contributed by atoms with van der Waals surface area (Å²) in [6, 6.07) is 4.04. The third kappa shape index (κ3) is 3.53. The third-order valence-corrected chi connectivity index (χ3v) is 2.32. The van der Waals surface area contributed by atoms with Crippen molar-refractivity contribution in [3.8, 4) is 12.1 Å². The molecule has 3 unspecified atom stereocenters.